The van der Waals surface area contributed by atoms with Gasteiger partial charge in [-0.3, -0.25) is 4.90 Å². The van der Waals surface area contributed by atoms with Crippen LogP contribution in [-0.2, 0) is 11.3 Å². The largest absolute Gasteiger partial charge is 0.373 e. The van der Waals surface area contributed by atoms with Gasteiger partial charge in [-0.05, 0) is 13.8 Å². The van der Waals surface area contributed by atoms with Crippen LogP contribution >= 0.6 is 11.3 Å². The second-order valence-electron chi connectivity index (χ2n) is 5.43. The number of hydrogen-bond acceptors (Lipinski definition) is 7. The molecule has 1 fully saturated rings. The van der Waals surface area contributed by atoms with Crippen molar-refractivity contribution in [3.8, 4) is 0 Å². The molecule has 1 aliphatic heterocycles. The van der Waals surface area contributed by atoms with Crippen LogP contribution in [0.3, 0.4) is 0 Å². The first-order valence-corrected chi connectivity index (χ1v) is 8.30. The number of aryl methyl sites for hydroxylation is 2. The van der Waals surface area contributed by atoms with Gasteiger partial charge in [0.1, 0.15) is 17.7 Å². The van der Waals surface area contributed by atoms with Crippen LogP contribution in [0.15, 0.2) is 11.6 Å². The summed E-state index contributed by atoms with van der Waals surface area (Å²) in [5.74, 6) is 1.60. The van der Waals surface area contributed by atoms with Crippen LogP contribution in [0.4, 0.5) is 5.82 Å². The molecule has 3 heterocycles. The van der Waals surface area contributed by atoms with Gasteiger partial charge < -0.3 is 10.1 Å². The SMILES string of the molecule is CNc1cc(C2CN(Cc3scnc3C)CCO2)nc(C)n1. The van der Waals surface area contributed by atoms with Gasteiger partial charge in [0.25, 0.3) is 0 Å². The standard InChI is InChI=1S/C15H21N5OS/c1-10-14(22-9-17-10)8-20-4-5-21-13(7-20)12-6-15(16-3)19-11(2)18-12/h6,9,13H,4-5,7-8H2,1-3H3,(H,16,18,19). The van der Waals surface area contributed by atoms with Gasteiger partial charge >= 0.3 is 0 Å². The second kappa shape index (κ2) is 6.68. The summed E-state index contributed by atoms with van der Waals surface area (Å²) in [7, 11) is 1.87. The Hall–Kier alpha value is -1.57. The number of nitrogens with zero attached hydrogens (tertiary/aromatic N) is 4. The molecule has 22 heavy (non-hydrogen) atoms. The third kappa shape index (κ3) is 3.43. The van der Waals surface area contributed by atoms with Gasteiger partial charge in [0.2, 0.25) is 0 Å². The average Bonchev–Trinajstić information content (AvgIpc) is 2.92. The molecule has 6 nitrogen and oxygen atoms in total. The molecular formula is C15H21N5OS. The smallest absolute Gasteiger partial charge is 0.129 e. The first kappa shape index (κ1) is 15.3. The topological polar surface area (TPSA) is 63.2 Å². The molecule has 1 saturated heterocycles. The number of aromatic nitrogens is 3. The highest BCUT2D eigenvalue weighted by Crippen LogP contribution is 2.24. The number of thiazole rings is 1. The molecule has 0 bridgehead atoms. The number of morpholine rings is 1. The minimum absolute atomic E-state index is 0.00391. The van der Waals surface area contributed by atoms with E-state index < -0.39 is 0 Å². The van der Waals surface area contributed by atoms with E-state index in [2.05, 4.69) is 32.1 Å². The van der Waals surface area contributed by atoms with Gasteiger partial charge in [-0.15, -0.1) is 11.3 Å². The van der Waals surface area contributed by atoms with E-state index in [1.807, 2.05) is 25.5 Å². The van der Waals surface area contributed by atoms with E-state index in [-0.39, 0.29) is 6.10 Å². The minimum Gasteiger partial charge on any atom is -0.373 e. The van der Waals surface area contributed by atoms with E-state index in [0.29, 0.717) is 0 Å². The van der Waals surface area contributed by atoms with Crippen LogP contribution in [0.2, 0.25) is 0 Å². The molecule has 1 atom stereocenters. The van der Waals surface area contributed by atoms with E-state index in [1.54, 1.807) is 11.3 Å². The van der Waals surface area contributed by atoms with Gasteiger partial charge in [-0.1, -0.05) is 0 Å². The zero-order valence-corrected chi connectivity index (χ0v) is 14.0. The molecular weight excluding hydrogens is 298 g/mol. The monoisotopic (exact) mass is 319 g/mol. The van der Waals surface area contributed by atoms with Crippen molar-refractivity contribution in [2.75, 3.05) is 32.1 Å². The Morgan fingerprint density at radius 2 is 2.27 bits per heavy atom. The molecule has 0 spiro atoms. The molecule has 2 aromatic heterocycles. The Morgan fingerprint density at radius 3 is 3.00 bits per heavy atom. The van der Waals surface area contributed by atoms with Gasteiger partial charge in [0, 0.05) is 37.6 Å². The summed E-state index contributed by atoms with van der Waals surface area (Å²) >= 11 is 1.72. The first-order chi connectivity index (χ1) is 10.7. The molecule has 0 aliphatic carbocycles. The molecule has 2 aromatic rings. The fourth-order valence-corrected chi connectivity index (χ4v) is 3.41. The molecule has 118 valence electrons. The molecule has 1 aliphatic rings. The predicted octanol–water partition coefficient (Wildman–Crippen LogP) is 2.17. The Kier molecular flexibility index (Phi) is 4.66. The lowest BCUT2D eigenvalue weighted by molar-refractivity contribution is -0.0348. The fourth-order valence-electron chi connectivity index (χ4n) is 2.59. The highest BCUT2D eigenvalue weighted by Gasteiger charge is 2.24. The third-order valence-corrected chi connectivity index (χ3v) is 4.73. The Morgan fingerprint density at radius 1 is 1.41 bits per heavy atom. The maximum atomic E-state index is 5.93. The number of ether oxygens (including phenoxy) is 1. The molecule has 1 N–H and O–H groups in total. The average molecular weight is 319 g/mol. The van der Waals surface area contributed by atoms with Crippen molar-refractivity contribution < 1.29 is 4.74 Å². The van der Waals surface area contributed by atoms with Gasteiger partial charge in [-0.25, -0.2) is 15.0 Å². The fraction of sp³-hybridized carbons (Fsp3) is 0.533. The number of anilines is 1. The van der Waals surface area contributed by atoms with E-state index in [1.165, 1.54) is 4.88 Å². The molecule has 0 saturated carbocycles. The zero-order chi connectivity index (χ0) is 15.5. The molecule has 3 rings (SSSR count). The highest BCUT2D eigenvalue weighted by molar-refractivity contribution is 7.09. The summed E-state index contributed by atoms with van der Waals surface area (Å²) in [6.07, 6.45) is -0.00391. The maximum absolute atomic E-state index is 5.93. The van der Waals surface area contributed by atoms with E-state index in [9.17, 15) is 0 Å². The number of hydrogen-bond donors (Lipinski definition) is 1. The Labute approximate surface area is 134 Å². The molecule has 0 radical (unpaired) electrons. The second-order valence-corrected chi connectivity index (χ2v) is 6.37. The first-order valence-electron chi connectivity index (χ1n) is 7.42. The Bertz CT molecular complexity index is 645. The van der Waals surface area contributed by atoms with E-state index in [4.69, 9.17) is 4.74 Å². The number of nitrogens with one attached hydrogen (secondary N) is 1. The van der Waals surface area contributed by atoms with Crippen LogP contribution in [0.25, 0.3) is 0 Å². The summed E-state index contributed by atoms with van der Waals surface area (Å²) in [5.41, 5.74) is 3.99. The lowest BCUT2D eigenvalue weighted by atomic mass is 10.2. The van der Waals surface area contributed by atoms with Gasteiger partial charge in [0.05, 0.1) is 23.5 Å². The molecule has 1 unspecified atom stereocenters. The maximum Gasteiger partial charge on any atom is 0.129 e. The van der Waals surface area contributed by atoms with Crippen molar-refractivity contribution >= 4 is 17.2 Å². The van der Waals surface area contributed by atoms with E-state index in [0.717, 1.165) is 49.3 Å². The van der Waals surface area contributed by atoms with Crippen LogP contribution in [0, 0.1) is 13.8 Å². The van der Waals surface area contributed by atoms with Crippen molar-refractivity contribution in [3.05, 3.63) is 33.7 Å². The van der Waals surface area contributed by atoms with Crippen molar-refractivity contribution in [3.63, 3.8) is 0 Å². The molecule has 0 aromatic carbocycles. The van der Waals surface area contributed by atoms with Crippen LogP contribution in [0.5, 0.6) is 0 Å². The van der Waals surface area contributed by atoms with Crippen LogP contribution in [0.1, 0.15) is 28.2 Å². The van der Waals surface area contributed by atoms with Crippen molar-refractivity contribution in [1.29, 1.82) is 0 Å². The lowest BCUT2D eigenvalue weighted by Crippen LogP contribution is -2.38. The summed E-state index contributed by atoms with van der Waals surface area (Å²) < 4.78 is 5.93. The van der Waals surface area contributed by atoms with Gasteiger partial charge in [-0.2, -0.15) is 0 Å². The normalized spacial score (nSPS) is 19.3. The van der Waals surface area contributed by atoms with Crippen LogP contribution in [-0.4, -0.2) is 46.6 Å². The van der Waals surface area contributed by atoms with Crippen molar-refractivity contribution in [2.24, 2.45) is 0 Å². The van der Waals surface area contributed by atoms with E-state index >= 15 is 0 Å². The lowest BCUT2D eigenvalue weighted by Gasteiger charge is -2.32. The third-order valence-electron chi connectivity index (χ3n) is 3.81. The number of rotatable bonds is 4. The Balaban J connectivity index is 1.73. The quantitative estimate of drug-likeness (QED) is 0.932. The highest BCUT2D eigenvalue weighted by atomic mass is 32.1. The summed E-state index contributed by atoms with van der Waals surface area (Å²) in [4.78, 5) is 16.9. The summed E-state index contributed by atoms with van der Waals surface area (Å²) in [5, 5.41) is 3.08. The molecule has 0 amide bonds. The zero-order valence-electron chi connectivity index (χ0n) is 13.2. The minimum atomic E-state index is -0.00391. The summed E-state index contributed by atoms with van der Waals surface area (Å²) in [6.45, 7) is 7.41. The van der Waals surface area contributed by atoms with Gasteiger partial charge in [0.15, 0.2) is 0 Å². The summed E-state index contributed by atoms with van der Waals surface area (Å²) in [6, 6.07) is 1.97. The van der Waals surface area contributed by atoms with Crippen molar-refractivity contribution in [1.82, 2.24) is 19.9 Å². The van der Waals surface area contributed by atoms with Crippen molar-refractivity contribution in [2.45, 2.75) is 26.5 Å². The predicted molar refractivity (Wildman–Crippen MR) is 87.1 cm³/mol. The van der Waals surface area contributed by atoms with Crippen LogP contribution < -0.4 is 5.32 Å². The molecule has 7 heteroatoms.